The summed E-state index contributed by atoms with van der Waals surface area (Å²) in [6.07, 6.45) is 0. The molecule has 1 aromatic heterocycles. The average molecular weight is 155 g/mol. The van der Waals surface area contributed by atoms with Crippen LogP contribution in [0.4, 0.5) is 5.13 Å². The summed E-state index contributed by atoms with van der Waals surface area (Å²) in [7, 11) is 0. The van der Waals surface area contributed by atoms with Gasteiger partial charge < -0.3 is 11.1 Å². The molecule has 1 aliphatic rings. The van der Waals surface area contributed by atoms with Crippen molar-refractivity contribution in [3.8, 4) is 0 Å². The van der Waals surface area contributed by atoms with Crippen LogP contribution in [0.5, 0.6) is 0 Å². The third-order valence-electron chi connectivity index (χ3n) is 1.34. The Bertz CT molecular complexity index is 293. The van der Waals surface area contributed by atoms with E-state index in [-0.39, 0.29) is 5.91 Å². The molecular formula is C5H5N3OS. The molecule has 0 atom stereocenters. The Morgan fingerprint density at radius 3 is 3.20 bits per heavy atom. The zero-order chi connectivity index (χ0) is 7.14. The second-order valence-electron chi connectivity index (χ2n) is 2.01. The number of anilines is 1. The molecule has 2 rings (SSSR count). The Morgan fingerprint density at radius 1 is 1.70 bits per heavy atom. The van der Waals surface area contributed by atoms with Gasteiger partial charge in [0.15, 0.2) is 5.13 Å². The minimum absolute atomic E-state index is 0.0517. The summed E-state index contributed by atoms with van der Waals surface area (Å²) in [6.45, 7) is 0.530. The predicted octanol–water partition coefficient (Wildman–Crippen LogP) is -0.0313. The van der Waals surface area contributed by atoms with Crippen molar-refractivity contribution >= 4 is 22.4 Å². The summed E-state index contributed by atoms with van der Waals surface area (Å²) in [5, 5.41) is 3.12. The lowest BCUT2D eigenvalue weighted by molar-refractivity contribution is 0.0969. The molecule has 3 N–H and O–H groups in total. The lowest BCUT2D eigenvalue weighted by Gasteiger charge is -1.86. The summed E-state index contributed by atoms with van der Waals surface area (Å²) in [5.41, 5.74) is 6.16. The van der Waals surface area contributed by atoms with E-state index in [2.05, 4.69) is 10.3 Å². The van der Waals surface area contributed by atoms with Gasteiger partial charge in [-0.2, -0.15) is 0 Å². The van der Waals surface area contributed by atoms with Crippen LogP contribution < -0.4 is 11.1 Å². The topological polar surface area (TPSA) is 68.0 Å². The van der Waals surface area contributed by atoms with Gasteiger partial charge in [0, 0.05) is 0 Å². The third kappa shape index (κ3) is 0.607. The van der Waals surface area contributed by atoms with Crippen molar-refractivity contribution < 1.29 is 4.79 Å². The fourth-order valence-corrected chi connectivity index (χ4v) is 1.68. The van der Waals surface area contributed by atoms with Crippen LogP contribution in [0.15, 0.2) is 0 Å². The van der Waals surface area contributed by atoms with Gasteiger partial charge in [-0.25, -0.2) is 4.98 Å². The van der Waals surface area contributed by atoms with Crippen LogP contribution in [0.25, 0.3) is 0 Å². The van der Waals surface area contributed by atoms with Crippen LogP contribution in [-0.4, -0.2) is 10.9 Å². The molecule has 2 heterocycles. The highest BCUT2D eigenvalue weighted by molar-refractivity contribution is 7.17. The number of carbonyl (C=O) groups excluding carboxylic acids is 1. The molecule has 1 amide bonds. The molecule has 1 aliphatic heterocycles. The summed E-state index contributed by atoms with van der Waals surface area (Å²) < 4.78 is 0. The van der Waals surface area contributed by atoms with E-state index >= 15 is 0 Å². The number of hydrogen-bond donors (Lipinski definition) is 2. The molecule has 0 radical (unpaired) electrons. The zero-order valence-corrected chi connectivity index (χ0v) is 5.86. The number of nitrogens with zero attached hydrogens (tertiary/aromatic N) is 1. The quantitative estimate of drug-likeness (QED) is 0.552. The number of rotatable bonds is 0. The molecule has 52 valence electrons. The first-order valence-electron chi connectivity index (χ1n) is 2.81. The molecule has 5 heteroatoms. The Hall–Kier alpha value is -1.10. The van der Waals surface area contributed by atoms with Gasteiger partial charge in [0.25, 0.3) is 5.91 Å². The fraction of sp³-hybridized carbons (Fsp3) is 0.200. The zero-order valence-electron chi connectivity index (χ0n) is 5.05. The normalized spacial score (nSPS) is 15.0. The van der Waals surface area contributed by atoms with Crippen molar-refractivity contribution in [1.29, 1.82) is 0 Å². The Balaban J connectivity index is 2.59. The van der Waals surface area contributed by atoms with Gasteiger partial charge in [0.2, 0.25) is 0 Å². The number of fused-ring (bicyclic) bond motifs is 1. The highest BCUT2D eigenvalue weighted by Crippen LogP contribution is 2.23. The standard InChI is InChI=1S/C5H5N3OS/c6-5-8-2-1-7-4(9)3(2)10-5/h1H2,(H2,6,8)(H,7,9). The molecule has 0 bridgehead atoms. The number of aromatic nitrogens is 1. The Kier molecular flexibility index (Phi) is 0.960. The molecule has 4 nitrogen and oxygen atoms in total. The Morgan fingerprint density at radius 2 is 2.50 bits per heavy atom. The minimum Gasteiger partial charge on any atom is -0.375 e. The van der Waals surface area contributed by atoms with Gasteiger partial charge in [-0.15, -0.1) is 0 Å². The van der Waals surface area contributed by atoms with E-state index < -0.39 is 0 Å². The Labute approximate surface area is 61.1 Å². The van der Waals surface area contributed by atoms with Gasteiger partial charge >= 0.3 is 0 Å². The highest BCUT2D eigenvalue weighted by Gasteiger charge is 2.22. The van der Waals surface area contributed by atoms with Crippen molar-refractivity contribution in [1.82, 2.24) is 10.3 Å². The number of carbonyl (C=O) groups is 1. The molecule has 0 spiro atoms. The molecule has 0 aliphatic carbocycles. The molecule has 1 aromatic rings. The second kappa shape index (κ2) is 1.69. The van der Waals surface area contributed by atoms with Gasteiger partial charge in [-0.1, -0.05) is 11.3 Å². The molecule has 0 saturated heterocycles. The van der Waals surface area contributed by atoms with Crippen molar-refractivity contribution in [2.75, 3.05) is 5.73 Å². The largest absolute Gasteiger partial charge is 0.375 e. The summed E-state index contributed by atoms with van der Waals surface area (Å²) in [6, 6.07) is 0. The maximum atomic E-state index is 10.9. The van der Waals surface area contributed by atoms with Crippen LogP contribution in [0.1, 0.15) is 15.4 Å². The number of amides is 1. The van der Waals surface area contributed by atoms with Crippen LogP contribution >= 0.6 is 11.3 Å². The maximum absolute atomic E-state index is 10.9. The van der Waals surface area contributed by atoms with Crippen LogP contribution in [0.2, 0.25) is 0 Å². The van der Waals surface area contributed by atoms with Crippen molar-refractivity contribution in [2.45, 2.75) is 6.54 Å². The summed E-state index contributed by atoms with van der Waals surface area (Å²) in [5.74, 6) is -0.0517. The minimum atomic E-state index is -0.0517. The van der Waals surface area contributed by atoms with Crippen molar-refractivity contribution in [2.24, 2.45) is 0 Å². The van der Waals surface area contributed by atoms with Gasteiger partial charge in [-0.05, 0) is 0 Å². The van der Waals surface area contributed by atoms with Crippen LogP contribution in [-0.2, 0) is 6.54 Å². The average Bonchev–Trinajstić information content (AvgIpc) is 2.35. The fourth-order valence-electron chi connectivity index (χ4n) is 0.912. The lowest BCUT2D eigenvalue weighted by atomic mass is 10.4. The van der Waals surface area contributed by atoms with E-state index in [4.69, 9.17) is 5.73 Å². The van der Waals surface area contributed by atoms with E-state index in [0.29, 0.717) is 16.6 Å². The molecule has 0 unspecified atom stereocenters. The van der Waals surface area contributed by atoms with Gasteiger partial charge in [0.05, 0.1) is 12.2 Å². The predicted molar refractivity (Wildman–Crippen MR) is 37.7 cm³/mol. The van der Waals surface area contributed by atoms with E-state index in [1.165, 1.54) is 11.3 Å². The SMILES string of the molecule is Nc1nc2c(s1)C(=O)NC2. The van der Waals surface area contributed by atoms with E-state index in [1.807, 2.05) is 0 Å². The van der Waals surface area contributed by atoms with E-state index in [9.17, 15) is 4.79 Å². The number of nitrogens with one attached hydrogen (secondary N) is 1. The molecule has 0 aromatic carbocycles. The monoisotopic (exact) mass is 155 g/mol. The first kappa shape index (κ1) is 5.67. The van der Waals surface area contributed by atoms with Crippen LogP contribution in [0, 0.1) is 0 Å². The number of thiazole rings is 1. The van der Waals surface area contributed by atoms with E-state index in [1.54, 1.807) is 0 Å². The summed E-state index contributed by atoms with van der Waals surface area (Å²) >= 11 is 1.24. The highest BCUT2D eigenvalue weighted by atomic mass is 32.1. The third-order valence-corrected chi connectivity index (χ3v) is 2.26. The first-order chi connectivity index (χ1) is 4.77. The molecule has 10 heavy (non-hydrogen) atoms. The smallest absolute Gasteiger partial charge is 0.263 e. The van der Waals surface area contributed by atoms with Gasteiger partial charge in [-0.3, -0.25) is 4.79 Å². The lowest BCUT2D eigenvalue weighted by Crippen LogP contribution is -2.12. The van der Waals surface area contributed by atoms with Crippen molar-refractivity contribution in [3.63, 3.8) is 0 Å². The van der Waals surface area contributed by atoms with Crippen LogP contribution in [0.3, 0.4) is 0 Å². The second-order valence-corrected chi connectivity index (χ2v) is 3.04. The summed E-state index contributed by atoms with van der Waals surface area (Å²) in [4.78, 5) is 15.5. The molecular weight excluding hydrogens is 150 g/mol. The van der Waals surface area contributed by atoms with Gasteiger partial charge in [0.1, 0.15) is 4.88 Å². The number of nitrogen functional groups attached to an aromatic ring is 1. The maximum Gasteiger partial charge on any atom is 0.263 e. The molecule has 0 fully saturated rings. The first-order valence-corrected chi connectivity index (χ1v) is 3.62. The number of nitrogens with two attached hydrogens (primary N) is 1. The number of hydrogen-bond acceptors (Lipinski definition) is 4. The molecule has 0 saturated carbocycles. The van der Waals surface area contributed by atoms with E-state index in [0.717, 1.165) is 5.69 Å². The van der Waals surface area contributed by atoms with Crippen molar-refractivity contribution in [3.05, 3.63) is 10.6 Å².